The Bertz CT molecular complexity index is 192. The zero-order valence-electron chi connectivity index (χ0n) is 8.16. The number of esters is 1. The van der Waals surface area contributed by atoms with Crippen LogP contribution >= 0.6 is 0 Å². The molecule has 5 heteroatoms. The normalized spacial score (nSPS) is 14.5. The van der Waals surface area contributed by atoms with Crippen molar-refractivity contribution < 1.29 is 14.3 Å². The van der Waals surface area contributed by atoms with Gasteiger partial charge < -0.3 is 15.8 Å². The quantitative estimate of drug-likeness (QED) is 0.577. The minimum Gasteiger partial charge on any atom is -0.464 e. The van der Waals surface area contributed by atoms with Gasteiger partial charge in [-0.1, -0.05) is 0 Å². The summed E-state index contributed by atoms with van der Waals surface area (Å²) in [6.07, 6.45) is 0. The van der Waals surface area contributed by atoms with Crippen molar-refractivity contribution in [2.75, 3.05) is 6.61 Å². The number of hydrogen-bond donors (Lipinski definition) is 2. The lowest BCUT2D eigenvalue weighted by molar-refractivity contribution is -0.147. The van der Waals surface area contributed by atoms with E-state index < -0.39 is 18.1 Å². The number of ether oxygens (including phenoxy) is 1. The number of amides is 1. The molecular weight excluding hydrogens is 172 g/mol. The molecule has 0 fully saturated rings. The van der Waals surface area contributed by atoms with Gasteiger partial charge in [-0.2, -0.15) is 0 Å². The summed E-state index contributed by atoms with van der Waals surface area (Å²) in [4.78, 5) is 21.9. The lowest BCUT2D eigenvalue weighted by Crippen LogP contribution is -2.51. The van der Waals surface area contributed by atoms with Gasteiger partial charge in [-0.15, -0.1) is 0 Å². The van der Waals surface area contributed by atoms with Crippen molar-refractivity contribution in [1.82, 2.24) is 5.32 Å². The van der Waals surface area contributed by atoms with Gasteiger partial charge in [0.05, 0.1) is 6.61 Å². The first-order valence-corrected chi connectivity index (χ1v) is 4.18. The van der Waals surface area contributed by atoms with Crippen LogP contribution in [0.25, 0.3) is 0 Å². The first kappa shape index (κ1) is 11.9. The van der Waals surface area contributed by atoms with E-state index in [0.29, 0.717) is 0 Å². The van der Waals surface area contributed by atoms with Crippen molar-refractivity contribution in [2.45, 2.75) is 32.9 Å². The highest BCUT2D eigenvalue weighted by Crippen LogP contribution is 1.94. The SMILES string of the molecule is CCOC(=O)C(NC(C)=O)C(C)N. The van der Waals surface area contributed by atoms with E-state index >= 15 is 0 Å². The van der Waals surface area contributed by atoms with E-state index in [4.69, 9.17) is 10.5 Å². The molecule has 13 heavy (non-hydrogen) atoms. The van der Waals surface area contributed by atoms with E-state index in [-0.39, 0.29) is 12.5 Å². The smallest absolute Gasteiger partial charge is 0.330 e. The summed E-state index contributed by atoms with van der Waals surface area (Å²) in [6, 6.07) is -1.21. The van der Waals surface area contributed by atoms with Gasteiger partial charge in [-0.3, -0.25) is 4.79 Å². The average molecular weight is 188 g/mol. The molecule has 3 N–H and O–H groups in total. The van der Waals surface area contributed by atoms with Crippen molar-refractivity contribution >= 4 is 11.9 Å². The van der Waals surface area contributed by atoms with Crippen LogP contribution in [0, 0.1) is 0 Å². The van der Waals surface area contributed by atoms with E-state index in [2.05, 4.69) is 5.32 Å². The molecule has 76 valence electrons. The van der Waals surface area contributed by atoms with Gasteiger partial charge in [0, 0.05) is 13.0 Å². The van der Waals surface area contributed by atoms with E-state index in [1.54, 1.807) is 13.8 Å². The second-order valence-corrected chi connectivity index (χ2v) is 2.79. The average Bonchev–Trinajstić information content (AvgIpc) is 1.99. The highest BCUT2D eigenvalue weighted by Gasteiger charge is 2.24. The summed E-state index contributed by atoms with van der Waals surface area (Å²) in [6.45, 7) is 4.94. The van der Waals surface area contributed by atoms with Crippen LogP contribution in [0.5, 0.6) is 0 Å². The highest BCUT2D eigenvalue weighted by molar-refractivity contribution is 5.83. The highest BCUT2D eigenvalue weighted by atomic mass is 16.5. The molecule has 2 unspecified atom stereocenters. The van der Waals surface area contributed by atoms with Crippen molar-refractivity contribution in [1.29, 1.82) is 0 Å². The van der Waals surface area contributed by atoms with Gasteiger partial charge in [-0.05, 0) is 13.8 Å². The summed E-state index contributed by atoms with van der Waals surface area (Å²) in [7, 11) is 0. The molecule has 0 aliphatic heterocycles. The molecule has 0 heterocycles. The predicted molar refractivity (Wildman–Crippen MR) is 47.9 cm³/mol. The van der Waals surface area contributed by atoms with Crippen LogP contribution in [0.3, 0.4) is 0 Å². The number of carbonyl (C=O) groups excluding carboxylic acids is 2. The molecule has 0 saturated heterocycles. The molecule has 5 nitrogen and oxygen atoms in total. The number of nitrogens with two attached hydrogens (primary N) is 1. The van der Waals surface area contributed by atoms with Gasteiger partial charge in [0.1, 0.15) is 6.04 Å². The Balaban J connectivity index is 4.24. The molecule has 1 amide bonds. The van der Waals surface area contributed by atoms with Gasteiger partial charge in [-0.25, -0.2) is 4.79 Å². The van der Waals surface area contributed by atoms with Crippen molar-refractivity contribution in [2.24, 2.45) is 5.73 Å². The Morgan fingerprint density at radius 3 is 2.38 bits per heavy atom. The lowest BCUT2D eigenvalue weighted by atomic mass is 10.1. The van der Waals surface area contributed by atoms with Crippen LogP contribution in [-0.2, 0) is 14.3 Å². The van der Waals surface area contributed by atoms with Gasteiger partial charge in [0.25, 0.3) is 0 Å². The minimum atomic E-state index is -0.752. The number of rotatable bonds is 4. The summed E-state index contributed by atoms with van der Waals surface area (Å²) < 4.78 is 4.73. The molecule has 0 saturated carbocycles. The maximum absolute atomic E-state index is 11.2. The maximum atomic E-state index is 11.2. The van der Waals surface area contributed by atoms with Crippen molar-refractivity contribution in [3.63, 3.8) is 0 Å². The van der Waals surface area contributed by atoms with Gasteiger partial charge in [0.2, 0.25) is 5.91 Å². The van der Waals surface area contributed by atoms with E-state index in [1.807, 2.05) is 0 Å². The summed E-state index contributed by atoms with van der Waals surface area (Å²) in [5.74, 6) is -0.789. The molecule has 0 radical (unpaired) electrons. The topological polar surface area (TPSA) is 81.4 Å². The van der Waals surface area contributed by atoms with Crippen LogP contribution in [0.1, 0.15) is 20.8 Å². The third-order valence-corrected chi connectivity index (χ3v) is 1.43. The van der Waals surface area contributed by atoms with E-state index in [9.17, 15) is 9.59 Å². The maximum Gasteiger partial charge on any atom is 0.330 e. The molecule has 0 bridgehead atoms. The van der Waals surface area contributed by atoms with Crippen LogP contribution in [0.2, 0.25) is 0 Å². The Morgan fingerprint density at radius 1 is 1.54 bits per heavy atom. The molecule has 0 aromatic heterocycles. The summed E-state index contributed by atoms with van der Waals surface area (Å²) in [5.41, 5.74) is 5.50. The third kappa shape index (κ3) is 4.47. The minimum absolute atomic E-state index is 0.279. The molecular formula is C8H16N2O3. The first-order chi connectivity index (χ1) is 5.99. The Morgan fingerprint density at radius 2 is 2.08 bits per heavy atom. The van der Waals surface area contributed by atoms with Gasteiger partial charge in [0.15, 0.2) is 0 Å². The van der Waals surface area contributed by atoms with Crippen molar-refractivity contribution in [3.05, 3.63) is 0 Å². The second kappa shape index (κ2) is 5.53. The van der Waals surface area contributed by atoms with Crippen molar-refractivity contribution in [3.8, 4) is 0 Å². The van der Waals surface area contributed by atoms with Crippen LogP contribution in [0.4, 0.5) is 0 Å². The van der Waals surface area contributed by atoms with Crippen LogP contribution in [-0.4, -0.2) is 30.6 Å². The lowest BCUT2D eigenvalue weighted by Gasteiger charge is -2.19. The molecule has 0 aromatic carbocycles. The molecule has 0 aliphatic rings. The largest absolute Gasteiger partial charge is 0.464 e. The number of carbonyl (C=O) groups is 2. The molecule has 0 rings (SSSR count). The fourth-order valence-corrected chi connectivity index (χ4v) is 0.856. The van der Waals surface area contributed by atoms with Gasteiger partial charge >= 0.3 is 5.97 Å². The monoisotopic (exact) mass is 188 g/mol. The number of nitrogens with one attached hydrogen (secondary N) is 1. The second-order valence-electron chi connectivity index (χ2n) is 2.79. The predicted octanol–water partition coefficient (Wildman–Crippen LogP) is -0.599. The third-order valence-electron chi connectivity index (χ3n) is 1.43. The van der Waals surface area contributed by atoms with E-state index in [1.165, 1.54) is 6.92 Å². The molecule has 0 aromatic rings. The first-order valence-electron chi connectivity index (χ1n) is 4.18. The standard InChI is InChI=1S/C8H16N2O3/c1-4-13-8(12)7(5(2)9)10-6(3)11/h5,7H,4,9H2,1-3H3,(H,10,11). The zero-order valence-corrected chi connectivity index (χ0v) is 8.16. The number of hydrogen-bond acceptors (Lipinski definition) is 4. The zero-order chi connectivity index (χ0) is 10.4. The molecule has 0 aliphatic carbocycles. The fourth-order valence-electron chi connectivity index (χ4n) is 0.856. The Labute approximate surface area is 77.6 Å². The summed E-state index contributed by atoms with van der Waals surface area (Å²) in [5, 5.41) is 2.43. The van der Waals surface area contributed by atoms with E-state index in [0.717, 1.165) is 0 Å². The molecule has 2 atom stereocenters. The fraction of sp³-hybridized carbons (Fsp3) is 0.750. The Kier molecular flexibility index (Phi) is 5.06. The van der Waals surface area contributed by atoms with Crippen LogP contribution in [0.15, 0.2) is 0 Å². The molecule has 0 spiro atoms. The van der Waals surface area contributed by atoms with Crippen LogP contribution < -0.4 is 11.1 Å². The summed E-state index contributed by atoms with van der Waals surface area (Å²) >= 11 is 0. The Hall–Kier alpha value is -1.10.